The first-order chi connectivity index (χ1) is 17.8. The molecule has 0 aliphatic heterocycles. The maximum Gasteiger partial charge on any atom is 0.333 e. The van der Waals surface area contributed by atoms with Gasteiger partial charge in [0.15, 0.2) is 5.15 Å². The van der Waals surface area contributed by atoms with Crippen LogP contribution in [0, 0.1) is 11.3 Å². The van der Waals surface area contributed by atoms with E-state index in [2.05, 4.69) is 22.1 Å². The third kappa shape index (κ3) is 3.59. The van der Waals surface area contributed by atoms with Gasteiger partial charge < -0.3 is 0 Å². The summed E-state index contributed by atoms with van der Waals surface area (Å²) in [6.07, 6.45) is 1.86. The molecule has 0 saturated heterocycles. The minimum Gasteiger partial charge on any atom is -0.292 e. The quantitative estimate of drug-likeness (QED) is 0.257. The molecule has 0 N–H and O–H groups in total. The number of pyridine rings is 2. The van der Waals surface area contributed by atoms with E-state index in [-0.39, 0.29) is 10.8 Å². The van der Waals surface area contributed by atoms with Crippen molar-refractivity contribution in [3.8, 4) is 22.9 Å². The molecule has 0 fully saturated rings. The van der Waals surface area contributed by atoms with E-state index >= 15 is 0 Å². The minimum atomic E-state index is -0.634. The second-order valence-electron chi connectivity index (χ2n) is 9.71. The first-order valence-electron chi connectivity index (χ1n) is 11.9. The summed E-state index contributed by atoms with van der Waals surface area (Å²) in [6.45, 7) is 3.74. The van der Waals surface area contributed by atoms with Crippen molar-refractivity contribution in [3.63, 3.8) is 0 Å². The van der Waals surface area contributed by atoms with E-state index in [1.807, 2.05) is 86.8 Å². The summed E-state index contributed by atoms with van der Waals surface area (Å²) in [5, 5.41) is 11.6. The van der Waals surface area contributed by atoms with Gasteiger partial charge in [-0.2, -0.15) is 5.26 Å². The average Bonchev–Trinajstić information content (AvgIpc) is 3.19. The van der Waals surface area contributed by atoms with Gasteiger partial charge in [0, 0.05) is 29.6 Å². The van der Waals surface area contributed by atoms with Crippen molar-refractivity contribution >= 4 is 44.4 Å². The molecule has 6 rings (SSSR count). The molecule has 3 aromatic heterocycles. The van der Waals surface area contributed by atoms with Gasteiger partial charge in [0.1, 0.15) is 5.52 Å². The molecule has 3 aromatic carbocycles. The number of rotatable bonds is 3. The van der Waals surface area contributed by atoms with Gasteiger partial charge >= 0.3 is 5.69 Å². The Morgan fingerprint density at radius 3 is 2.43 bits per heavy atom. The molecule has 0 saturated carbocycles. The topological polar surface area (TPSA) is 76.5 Å². The minimum absolute atomic E-state index is 0.226. The van der Waals surface area contributed by atoms with Crippen LogP contribution in [0.3, 0.4) is 0 Å². The van der Waals surface area contributed by atoms with Crippen LogP contribution in [-0.2, 0) is 12.5 Å². The highest BCUT2D eigenvalue weighted by Gasteiger charge is 2.22. The van der Waals surface area contributed by atoms with E-state index in [0.717, 1.165) is 33.0 Å². The highest BCUT2D eigenvalue weighted by atomic mass is 35.5. The van der Waals surface area contributed by atoms with Gasteiger partial charge in [-0.25, -0.2) is 9.78 Å². The summed E-state index contributed by atoms with van der Waals surface area (Å²) in [6, 6.07) is 25.9. The molecule has 0 aliphatic rings. The van der Waals surface area contributed by atoms with Crippen molar-refractivity contribution in [3.05, 3.63) is 100 Å². The van der Waals surface area contributed by atoms with Crippen LogP contribution in [-0.4, -0.2) is 19.1 Å². The lowest BCUT2D eigenvalue weighted by Crippen LogP contribution is -2.21. The van der Waals surface area contributed by atoms with E-state index in [0.29, 0.717) is 22.2 Å². The summed E-state index contributed by atoms with van der Waals surface area (Å²) in [7, 11) is 1.70. The van der Waals surface area contributed by atoms with E-state index in [9.17, 15) is 10.1 Å². The van der Waals surface area contributed by atoms with Crippen molar-refractivity contribution in [2.24, 2.45) is 7.05 Å². The average molecular weight is 504 g/mol. The molecule has 180 valence electrons. The van der Waals surface area contributed by atoms with E-state index in [4.69, 9.17) is 11.6 Å². The number of nitriles is 1. The Hall–Kier alpha value is -4.47. The molecule has 37 heavy (non-hydrogen) atoms. The zero-order valence-corrected chi connectivity index (χ0v) is 21.3. The van der Waals surface area contributed by atoms with Gasteiger partial charge in [0.25, 0.3) is 0 Å². The molecule has 0 spiro atoms. The number of aryl methyl sites for hydroxylation is 1. The second-order valence-corrected chi connectivity index (χ2v) is 10.1. The van der Waals surface area contributed by atoms with Crippen LogP contribution >= 0.6 is 11.6 Å². The maximum atomic E-state index is 13.5. The molecule has 0 amide bonds. The van der Waals surface area contributed by atoms with Crippen LogP contribution < -0.4 is 5.69 Å². The molecule has 6 aromatic rings. The van der Waals surface area contributed by atoms with Gasteiger partial charge in [0.2, 0.25) is 0 Å². The highest BCUT2D eigenvalue weighted by molar-refractivity contribution is 6.35. The molecule has 7 heteroatoms. The third-order valence-electron chi connectivity index (χ3n) is 6.98. The van der Waals surface area contributed by atoms with Gasteiger partial charge in [-0.3, -0.25) is 14.1 Å². The number of hydrogen-bond acceptors (Lipinski definition) is 4. The number of hydrogen-bond donors (Lipinski definition) is 0. The van der Waals surface area contributed by atoms with Gasteiger partial charge in [-0.15, -0.1) is 0 Å². The predicted molar refractivity (Wildman–Crippen MR) is 148 cm³/mol. The number of halogens is 1. The number of benzene rings is 3. The SMILES string of the molecule is Cn1c(=O)n(-c2ccc(C(C)(C)C#N)cc2)c2c3cc(-c4cnc5ccccc5c4)ccc3nc(Cl)c21. The Bertz CT molecular complexity index is 1960. The Kier molecular flexibility index (Phi) is 5.15. The number of fused-ring (bicyclic) bond motifs is 4. The van der Waals surface area contributed by atoms with Crippen LogP contribution in [0.25, 0.3) is 49.7 Å². The van der Waals surface area contributed by atoms with Gasteiger partial charge in [-0.05, 0) is 61.4 Å². The standard InChI is InChI=1S/C30H22ClN5O/c1-30(2,17-32)21-9-11-22(12-10-21)36-26-23-15-18(20-14-19-6-4-5-7-24(19)33-16-20)8-13-25(23)34-28(31)27(26)35(3)29(36)37/h4-16H,1-3H3. The lowest BCUT2D eigenvalue weighted by molar-refractivity contribution is 0.686. The summed E-state index contributed by atoms with van der Waals surface area (Å²) in [5.41, 5.74) is 5.51. The van der Waals surface area contributed by atoms with E-state index in [1.54, 1.807) is 11.6 Å². The number of aromatic nitrogens is 4. The van der Waals surface area contributed by atoms with E-state index in [1.165, 1.54) is 4.57 Å². The molecular formula is C30H22ClN5O. The lowest BCUT2D eigenvalue weighted by atomic mass is 9.86. The first-order valence-corrected chi connectivity index (χ1v) is 12.2. The fraction of sp³-hybridized carbons (Fsp3) is 0.133. The zero-order chi connectivity index (χ0) is 25.9. The number of imidazole rings is 1. The maximum absolute atomic E-state index is 13.5. The highest BCUT2D eigenvalue weighted by Crippen LogP contribution is 2.34. The monoisotopic (exact) mass is 503 g/mol. The molecule has 0 atom stereocenters. The Morgan fingerprint density at radius 2 is 1.68 bits per heavy atom. The van der Waals surface area contributed by atoms with Crippen LogP contribution in [0.2, 0.25) is 5.15 Å². The fourth-order valence-electron chi connectivity index (χ4n) is 4.81. The van der Waals surface area contributed by atoms with Gasteiger partial charge in [-0.1, -0.05) is 48.0 Å². The van der Waals surface area contributed by atoms with Crippen molar-refractivity contribution in [2.75, 3.05) is 0 Å². The number of para-hydroxylation sites is 1. The molecule has 3 heterocycles. The Labute approximate surface area is 218 Å². The molecular weight excluding hydrogens is 482 g/mol. The zero-order valence-electron chi connectivity index (χ0n) is 20.5. The predicted octanol–water partition coefficient (Wildman–Crippen LogP) is 6.55. The number of nitrogens with zero attached hydrogens (tertiary/aromatic N) is 5. The summed E-state index contributed by atoms with van der Waals surface area (Å²) >= 11 is 6.61. The van der Waals surface area contributed by atoms with Crippen molar-refractivity contribution in [1.82, 2.24) is 19.1 Å². The largest absolute Gasteiger partial charge is 0.333 e. The molecule has 6 nitrogen and oxygen atoms in total. The van der Waals surface area contributed by atoms with Crippen molar-refractivity contribution in [1.29, 1.82) is 5.26 Å². The van der Waals surface area contributed by atoms with E-state index < -0.39 is 5.41 Å². The molecule has 0 bridgehead atoms. The Balaban J connectivity index is 1.62. The lowest BCUT2D eigenvalue weighted by Gasteiger charge is -2.16. The third-order valence-corrected chi connectivity index (χ3v) is 7.24. The van der Waals surface area contributed by atoms with Gasteiger partial charge in [0.05, 0.1) is 33.7 Å². The summed E-state index contributed by atoms with van der Waals surface area (Å²) < 4.78 is 3.19. The van der Waals surface area contributed by atoms with Crippen LogP contribution in [0.4, 0.5) is 0 Å². The second kappa shape index (κ2) is 8.29. The van der Waals surface area contributed by atoms with Crippen LogP contribution in [0.1, 0.15) is 19.4 Å². The smallest absolute Gasteiger partial charge is 0.292 e. The Morgan fingerprint density at radius 1 is 0.919 bits per heavy atom. The fourth-order valence-corrected chi connectivity index (χ4v) is 5.12. The molecule has 0 radical (unpaired) electrons. The summed E-state index contributed by atoms with van der Waals surface area (Å²) in [4.78, 5) is 22.7. The first kappa shape index (κ1) is 23.0. The molecule has 0 unspecified atom stereocenters. The van der Waals surface area contributed by atoms with Crippen LogP contribution in [0.5, 0.6) is 0 Å². The normalized spacial score (nSPS) is 11.9. The van der Waals surface area contributed by atoms with Crippen molar-refractivity contribution in [2.45, 2.75) is 19.3 Å². The molecule has 0 aliphatic carbocycles. The van der Waals surface area contributed by atoms with Crippen LogP contribution in [0.15, 0.2) is 83.8 Å². The summed E-state index contributed by atoms with van der Waals surface area (Å²) in [5.74, 6) is 0. The van der Waals surface area contributed by atoms with Crippen molar-refractivity contribution < 1.29 is 0 Å².